The van der Waals surface area contributed by atoms with E-state index in [1.807, 2.05) is 6.92 Å². The third-order valence-corrected chi connectivity index (χ3v) is 3.42. The summed E-state index contributed by atoms with van der Waals surface area (Å²) in [6, 6.07) is 8.79. The number of nitriles is 1. The number of amides is 1. The van der Waals surface area contributed by atoms with Crippen molar-refractivity contribution in [1.29, 1.82) is 5.26 Å². The van der Waals surface area contributed by atoms with Gasteiger partial charge in [-0.1, -0.05) is 0 Å². The van der Waals surface area contributed by atoms with Crippen LogP contribution in [0.3, 0.4) is 0 Å². The number of aryl methyl sites for hydroxylation is 1. The number of H-pyrrole nitrogens is 1. The zero-order valence-corrected chi connectivity index (χ0v) is 12.2. The molecule has 1 unspecified atom stereocenters. The number of oxazole rings is 1. The molecule has 0 aliphatic carbocycles. The number of fused-ring (bicyclic) bond motifs is 1. The number of aromatic amines is 1. The Balaban J connectivity index is 1.81. The number of hydrogen-bond acceptors (Lipinski definition) is 4. The Morgan fingerprint density at radius 3 is 2.95 bits per heavy atom. The molecule has 3 rings (SSSR count). The summed E-state index contributed by atoms with van der Waals surface area (Å²) in [5.74, 6) is 0.327. The van der Waals surface area contributed by atoms with E-state index in [2.05, 4.69) is 21.4 Å². The van der Waals surface area contributed by atoms with Gasteiger partial charge in [0.15, 0.2) is 5.89 Å². The summed E-state index contributed by atoms with van der Waals surface area (Å²) < 4.78 is 5.15. The normalized spacial score (nSPS) is 12.0. The zero-order valence-electron chi connectivity index (χ0n) is 12.2. The Kier molecular flexibility index (Phi) is 3.39. The zero-order chi connectivity index (χ0) is 15.7. The third-order valence-electron chi connectivity index (χ3n) is 3.42. The third kappa shape index (κ3) is 2.56. The first-order chi connectivity index (χ1) is 10.6. The minimum Gasteiger partial charge on any atom is -0.449 e. The molecule has 0 saturated heterocycles. The van der Waals surface area contributed by atoms with Crippen LogP contribution in [0.1, 0.15) is 40.6 Å². The fourth-order valence-electron chi connectivity index (χ4n) is 2.25. The number of nitrogens with zero attached hydrogens (tertiary/aromatic N) is 2. The van der Waals surface area contributed by atoms with Crippen LogP contribution in [0.5, 0.6) is 0 Å². The van der Waals surface area contributed by atoms with Crippen molar-refractivity contribution in [2.75, 3.05) is 0 Å². The lowest BCUT2D eigenvalue weighted by molar-refractivity contribution is 0.0935. The smallest absolute Gasteiger partial charge is 0.268 e. The molecule has 0 aliphatic heterocycles. The molecule has 0 radical (unpaired) electrons. The molecule has 0 saturated carbocycles. The van der Waals surface area contributed by atoms with Crippen LogP contribution < -0.4 is 5.32 Å². The lowest BCUT2D eigenvalue weighted by atomic mass is 10.2. The summed E-state index contributed by atoms with van der Waals surface area (Å²) in [5.41, 5.74) is 2.49. The molecule has 22 heavy (non-hydrogen) atoms. The van der Waals surface area contributed by atoms with E-state index in [1.54, 1.807) is 31.2 Å². The van der Waals surface area contributed by atoms with Crippen LogP contribution in [-0.2, 0) is 0 Å². The van der Waals surface area contributed by atoms with Crippen LogP contribution in [-0.4, -0.2) is 15.9 Å². The van der Waals surface area contributed by atoms with Gasteiger partial charge in [-0.15, -0.1) is 0 Å². The predicted octanol–water partition coefficient (Wildman–Crippen LogP) is 2.83. The molecule has 6 nitrogen and oxygen atoms in total. The molecule has 110 valence electrons. The van der Waals surface area contributed by atoms with E-state index in [0.717, 1.165) is 10.9 Å². The van der Waals surface area contributed by atoms with Crippen LogP contribution in [0.15, 0.2) is 34.9 Å². The number of aromatic nitrogens is 2. The molecule has 0 aliphatic rings. The average molecular weight is 294 g/mol. The molecular formula is C16H14N4O2. The molecule has 0 fully saturated rings. The fourth-order valence-corrected chi connectivity index (χ4v) is 2.25. The highest BCUT2D eigenvalue weighted by atomic mass is 16.3. The predicted molar refractivity (Wildman–Crippen MR) is 80.1 cm³/mol. The Bertz CT molecular complexity index is 885. The van der Waals surface area contributed by atoms with Crippen LogP contribution in [0.4, 0.5) is 0 Å². The monoisotopic (exact) mass is 294 g/mol. The van der Waals surface area contributed by atoms with Crippen molar-refractivity contribution in [2.24, 2.45) is 0 Å². The maximum absolute atomic E-state index is 12.3. The minimum absolute atomic E-state index is 0.233. The Labute approximate surface area is 126 Å². The molecular weight excluding hydrogens is 280 g/mol. The number of hydrogen-bond donors (Lipinski definition) is 2. The lowest BCUT2D eigenvalue weighted by Crippen LogP contribution is -2.27. The quantitative estimate of drug-likeness (QED) is 0.776. The van der Waals surface area contributed by atoms with E-state index >= 15 is 0 Å². The van der Waals surface area contributed by atoms with Crippen molar-refractivity contribution in [3.05, 3.63) is 53.4 Å². The van der Waals surface area contributed by atoms with E-state index < -0.39 is 0 Å². The largest absolute Gasteiger partial charge is 0.449 e. The van der Waals surface area contributed by atoms with Gasteiger partial charge in [-0.25, -0.2) is 4.98 Å². The van der Waals surface area contributed by atoms with Gasteiger partial charge in [0.25, 0.3) is 5.91 Å². The van der Waals surface area contributed by atoms with E-state index in [9.17, 15) is 4.79 Å². The maximum Gasteiger partial charge on any atom is 0.268 e. The highest BCUT2D eigenvalue weighted by Crippen LogP contribution is 2.18. The van der Waals surface area contributed by atoms with Crippen molar-refractivity contribution in [3.8, 4) is 6.07 Å². The van der Waals surface area contributed by atoms with Crippen LogP contribution in [0.25, 0.3) is 10.9 Å². The van der Waals surface area contributed by atoms with E-state index in [1.165, 1.54) is 6.26 Å². The van der Waals surface area contributed by atoms with Crippen molar-refractivity contribution in [3.63, 3.8) is 0 Å². The van der Waals surface area contributed by atoms with Crippen molar-refractivity contribution >= 4 is 16.8 Å². The van der Waals surface area contributed by atoms with Gasteiger partial charge in [-0.05, 0) is 31.2 Å². The summed E-state index contributed by atoms with van der Waals surface area (Å²) in [4.78, 5) is 19.5. The standard InChI is InChI=1S/C16H14N4O2/c1-9(15-8-22-10(2)19-15)18-16(21)14-6-12-5-11(7-17)3-4-13(12)20-14/h3-6,8-9,20H,1-2H3,(H,18,21). The summed E-state index contributed by atoms with van der Waals surface area (Å²) in [6.07, 6.45) is 1.53. The second-order valence-corrected chi connectivity index (χ2v) is 5.08. The van der Waals surface area contributed by atoms with Crippen molar-refractivity contribution < 1.29 is 9.21 Å². The number of carbonyl (C=O) groups excluding carboxylic acids is 1. The van der Waals surface area contributed by atoms with Gasteiger partial charge in [-0.2, -0.15) is 5.26 Å². The van der Waals surface area contributed by atoms with Gasteiger partial charge < -0.3 is 14.7 Å². The van der Waals surface area contributed by atoms with Gasteiger partial charge >= 0.3 is 0 Å². The number of carbonyl (C=O) groups is 1. The van der Waals surface area contributed by atoms with Crippen LogP contribution in [0.2, 0.25) is 0 Å². The molecule has 1 aromatic carbocycles. The van der Waals surface area contributed by atoms with Crippen LogP contribution in [0, 0.1) is 18.3 Å². The average Bonchev–Trinajstić information content (AvgIpc) is 3.12. The number of rotatable bonds is 3. The van der Waals surface area contributed by atoms with Crippen LogP contribution >= 0.6 is 0 Å². The second-order valence-electron chi connectivity index (χ2n) is 5.08. The molecule has 0 bridgehead atoms. The topological polar surface area (TPSA) is 94.7 Å². The molecule has 2 heterocycles. The minimum atomic E-state index is -0.258. The molecule has 1 atom stereocenters. The van der Waals surface area contributed by atoms with Gasteiger partial charge in [0.1, 0.15) is 17.7 Å². The van der Waals surface area contributed by atoms with Crippen molar-refractivity contribution in [2.45, 2.75) is 19.9 Å². The SMILES string of the molecule is Cc1nc(C(C)NC(=O)c2cc3cc(C#N)ccc3[nH]2)co1. The molecule has 2 aromatic heterocycles. The second kappa shape index (κ2) is 5.37. The lowest BCUT2D eigenvalue weighted by Gasteiger charge is -2.09. The summed E-state index contributed by atoms with van der Waals surface area (Å²) >= 11 is 0. The molecule has 3 aromatic rings. The maximum atomic E-state index is 12.3. The van der Waals surface area contributed by atoms with Crippen molar-refractivity contribution in [1.82, 2.24) is 15.3 Å². The highest BCUT2D eigenvalue weighted by molar-refractivity contribution is 5.98. The molecule has 0 spiro atoms. The Morgan fingerprint density at radius 2 is 2.27 bits per heavy atom. The van der Waals surface area contributed by atoms with E-state index in [0.29, 0.717) is 22.8 Å². The molecule has 6 heteroatoms. The number of nitrogens with one attached hydrogen (secondary N) is 2. The van der Waals surface area contributed by atoms with E-state index in [4.69, 9.17) is 9.68 Å². The summed E-state index contributed by atoms with van der Waals surface area (Å²) in [7, 11) is 0. The first kappa shape index (κ1) is 13.9. The summed E-state index contributed by atoms with van der Waals surface area (Å²) in [5, 5.41) is 12.6. The number of benzene rings is 1. The Morgan fingerprint density at radius 1 is 1.45 bits per heavy atom. The first-order valence-corrected chi connectivity index (χ1v) is 6.82. The van der Waals surface area contributed by atoms with E-state index in [-0.39, 0.29) is 11.9 Å². The Hall–Kier alpha value is -3.07. The summed E-state index contributed by atoms with van der Waals surface area (Å²) in [6.45, 7) is 3.59. The van der Waals surface area contributed by atoms with Gasteiger partial charge in [0.05, 0.1) is 17.7 Å². The first-order valence-electron chi connectivity index (χ1n) is 6.82. The van der Waals surface area contributed by atoms with Gasteiger partial charge in [-0.3, -0.25) is 4.79 Å². The van der Waals surface area contributed by atoms with Gasteiger partial charge in [0, 0.05) is 17.8 Å². The highest BCUT2D eigenvalue weighted by Gasteiger charge is 2.16. The van der Waals surface area contributed by atoms with Gasteiger partial charge in [0.2, 0.25) is 0 Å². The fraction of sp³-hybridized carbons (Fsp3) is 0.188. The molecule has 1 amide bonds. The molecule has 2 N–H and O–H groups in total.